The maximum Gasteiger partial charge on any atom is 0.410 e. The van der Waals surface area contributed by atoms with Gasteiger partial charge in [0.05, 0.1) is 17.8 Å². The molecule has 208 valence electrons. The fraction of sp³-hybridized carbons (Fsp3) is 0.483. The third-order valence-corrected chi connectivity index (χ3v) is 8.02. The number of carboxylic acid groups (broad SMARTS) is 1. The van der Waals surface area contributed by atoms with Crippen LogP contribution in [-0.2, 0) is 9.53 Å². The standard InChI is InChI=1S/C29H37N5O5/c1-20(2)31-11-8-23(9-12-31)21-3-5-22(6-4-21)24-17-26-25(7-10-30-34(26)18-24)32-13-15-33(16-14-32)29(38)39-27(19-35)28(36)37/h3-7,10,17-18,20,23,27,35H,8-9,11-16,19H2,1-2H3,(H,36,37). The number of piperidine rings is 1. The molecule has 0 aliphatic carbocycles. The number of aliphatic carboxylic acids is 1. The lowest BCUT2D eigenvalue weighted by molar-refractivity contribution is -0.149. The van der Waals surface area contributed by atoms with E-state index in [0.29, 0.717) is 38.1 Å². The van der Waals surface area contributed by atoms with E-state index in [-0.39, 0.29) is 0 Å². The number of likely N-dealkylation sites (tertiary alicyclic amines) is 1. The summed E-state index contributed by atoms with van der Waals surface area (Å²) in [5.41, 5.74) is 5.67. The molecule has 2 saturated heterocycles. The first-order chi connectivity index (χ1) is 18.8. The number of carboxylic acids is 1. The van der Waals surface area contributed by atoms with Crippen LogP contribution < -0.4 is 4.90 Å². The number of carbonyl (C=O) groups excluding carboxylic acids is 1. The van der Waals surface area contributed by atoms with Crippen molar-refractivity contribution in [2.24, 2.45) is 0 Å². The average molecular weight is 536 g/mol. The molecule has 39 heavy (non-hydrogen) atoms. The van der Waals surface area contributed by atoms with Gasteiger partial charge in [0, 0.05) is 50.2 Å². The highest BCUT2D eigenvalue weighted by atomic mass is 16.6. The number of aromatic nitrogens is 2. The summed E-state index contributed by atoms with van der Waals surface area (Å²) in [4.78, 5) is 29.6. The summed E-state index contributed by atoms with van der Waals surface area (Å²) in [5.74, 6) is -0.751. The largest absolute Gasteiger partial charge is 0.478 e. The minimum atomic E-state index is -1.55. The maximum atomic E-state index is 12.3. The van der Waals surface area contributed by atoms with E-state index in [1.54, 1.807) is 6.20 Å². The van der Waals surface area contributed by atoms with Crippen LogP contribution in [0.15, 0.2) is 48.8 Å². The highest BCUT2D eigenvalue weighted by Crippen LogP contribution is 2.32. The first kappa shape index (κ1) is 27.0. The monoisotopic (exact) mass is 535 g/mol. The Labute approximate surface area is 228 Å². The summed E-state index contributed by atoms with van der Waals surface area (Å²) >= 11 is 0. The van der Waals surface area contributed by atoms with E-state index in [1.165, 1.54) is 23.3 Å². The van der Waals surface area contributed by atoms with Crippen molar-refractivity contribution in [2.75, 3.05) is 50.8 Å². The lowest BCUT2D eigenvalue weighted by Crippen LogP contribution is -2.50. The topological polar surface area (TPSA) is 111 Å². The smallest absolute Gasteiger partial charge is 0.410 e. The normalized spacial score (nSPS) is 18.1. The highest BCUT2D eigenvalue weighted by Gasteiger charge is 2.28. The van der Waals surface area contributed by atoms with Crippen LogP contribution >= 0.6 is 0 Å². The van der Waals surface area contributed by atoms with Gasteiger partial charge in [-0.3, -0.25) is 0 Å². The molecular formula is C29H37N5O5. The number of hydrogen-bond donors (Lipinski definition) is 2. The molecule has 3 aromatic rings. The van der Waals surface area contributed by atoms with E-state index < -0.39 is 24.8 Å². The van der Waals surface area contributed by atoms with Gasteiger partial charge < -0.3 is 29.6 Å². The molecule has 4 heterocycles. The second-order valence-electron chi connectivity index (χ2n) is 10.7. The maximum absolute atomic E-state index is 12.3. The Bertz CT molecular complexity index is 1290. The zero-order valence-corrected chi connectivity index (χ0v) is 22.6. The predicted molar refractivity (Wildman–Crippen MR) is 148 cm³/mol. The van der Waals surface area contributed by atoms with Crippen molar-refractivity contribution >= 4 is 23.3 Å². The van der Waals surface area contributed by atoms with E-state index in [0.717, 1.165) is 35.4 Å². The second-order valence-corrected chi connectivity index (χ2v) is 10.7. The Kier molecular flexibility index (Phi) is 8.04. The number of piperazine rings is 1. The summed E-state index contributed by atoms with van der Waals surface area (Å²) in [5, 5.41) is 22.7. The summed E-state index contributed by atoms with van der Waals surface area (Å²) in [6.07, 6.45) is 3.94. The summed E-state index contributed by atoms with van der Waals surface area (Å²) in [7, 11) is 0. The lowest BCUT2D eigenvalue weighted by atomic mass is 9.88. The molecule has 2 fully saturated rings. The Hall–Kier alpha value is -3.63. The van der Waals surface area contributed by atoms with Crippen LogP contribution in [0.25, 0.3) is 16.6 Å². The molecule has 1 aromatic carbocycles. The lowest BCUT2D eigenvalue weighted by Gasteiger charge is -2.36. The van der Waals surface area contributed by atoms with Crippen LogP contribution in [0, 0.1) is 0 Å². The van der Waals surface area contributed by atoms with Crippen molar-refractivity contribution in [2.45, 2.75) is 44.8 Å². The SMILES string of the molecule is CC(C)N1CCC(c2ccc(-c3cc4c(N5CCN(C(=O)OC(CO)C(=O)O)CC5)ccnn4c3)cc2)CC1. The number of amides is 1. The van der Waals surface area contributed by atoms with E-state index in [9.17, 15) is 9.59 Å². The fourth-order valence-electron chi connectivity index (χ4n) is 5.61. The van der Waals surface area contributed by atoms with Crippen LogP contribution in [0.1, 0.15) is 38.2 Å². The molecule has 0 spiro atoms. The molecule has 0 radical (unpaired) electrons. The first-order valence-electron chi connectivity index (χ1n) is 13.7. The molecule has 0 saturated carbocycles. The van der Waals surface area contributed by atoms with Crippen LogP contribution in [-0.4, -0.2) is 99.7 Å². The Morgan fingerprint density at radius 3 is 2.31 bits per heavy atom. The predicted octanol–water partition coefficient (Wildman–Crippen LogP) is 3.29. The first-order valence-corrected chi connectivity index (χ1v) is 13.7. The van der Waals surface area contributed by atoms with Crippen molar-refractivity contribution < 1.29 is 24.5 Å². The Balaban J connectivity index is 1.25. The molecule has 0 bridgehead atoms. The van der Waals surface area contributed by atoms with Gasteiger partial charge in [-0.15, -0.1) is 0 Å². The van der Waals surface area contributed by atoms with Crippen molar-refractivity contribution in [3.8, 4) is 11.1 Å². The zero-order chi connectivity index (χ0) is 27.5. The zero-order valence-electron chi connectivity index (χ0n) is 22.6. The van der Waals surface area contributed by atoms with E-state index in [1.807, 2.05) is 16.8 Å². The van der Waals surface area contributed by atoms with Crippen LogP contribution in [0.4, 0.5) is 10.5 Å². The Morgan fingerprint density at radius 2 is 1.69 bits per heavy atom. The Morgan fingerprint density at radius 1 is 1.00 bits per heavy atom. The van der Waals surface area contributed by atoms with Crippen molar-refractivity contribution in [3.63, 3.8) is 0 Å². The van der Waals surface area contributed by atoms with Crippen molar-refractivity contribution in [3.05, 3.63) is 54.4 Å². The summed E-state index contributed by atoms with van der Waals surface area (Å²) in [6, 6.07) is 13.7. The van der Waals surface area contributed by atoms with Crippen molar-refractivity contribution in [1.82, 2.24) is 19.4 Å². The quantitative estimate of drug-likeness (QED) is 0.474. The third-order valence-electron chi connectivity index (χ3n) is 8.02. The molecule has 2 aliphatic heterocycles. The third kappa shape index (κ3) is 5.86. The number of aliphatic hydroxyl groups is 1. The molecule has 5 rings (SSSR count). The van der Waals surface area contributed by atoms with E-state index in [2.05, 4.69) is 59.1 Å². The average Bonchev–Trinajstić information content (AvgIpc) is 3.40. The van der Waals surface area contributed by atoms with Gasteiger partial charge in [-0.05, 0) is 69.0 Å². The van der Waals surface area contributed by atoms with Gasteiger partial charge in [0.1, 0.15) is 0 Å². The molecule has 10 nitrogen and oxygen atoms in total. The number of ether oxygens (including phenoxy) is 1. The second kappa shape index (κ2) is 11.6. The fourth-order valence-corrected chi connectivity index (χ4v) is 5.61. The van der Waals surface area contributed by atoms with E-state index in [4.69, 9.17) is 14.9 Å². The van der Waals surface area contributed by atoms with Gasteiger partial charge in [-0.2, -0.15) is 5.10 Å². The number of carbonyl (C=O) groups is 2. The van der Waals surface area contributed by atoms with Gasteiger partial charge in [0.2, 0.25) is 6.10 Å². The molecule has 1 atom stereocenters. The van der Waals surface area contributed by atoms with Gasteiger partial charge in [0.15, 0.2) is 0 Å². The van der Waals surface area contributed by atoms with E-state index >= 15 is 0 Å². The molecule has 1 unspecified atom stereocenters. The molecule has 2 aromatic heterocycles. The highest BCUT2D eigenvalue weighted by molar-refractivity contribution is 5.80. The van der Waals surface area contributed by atoms with Gasteiger partial charge >= 0.3 is 12.1 Å². The van der Waals surface area contributed by atoms with Crippen LogP contribution in [0.5, 0.6) is 0 Å². The number of hydrogen-bond acceptors (Lipinski definition) is 7. The van der Waals surface area contributed by atoms with Gasteiger partial charge in [-0.25, -0.2) is 14.1 Å². The molecule has 2 aliphatic rings. The summed E-state index contributed by atoms with van der Waals surface area (Å²) in [6.45, 7) is 8.00. The minimum Gasteiger partial charge on any atom is -0.478 e. The molecular weight excluding hydrogens is 498 g/mol. The van der Waals surface area contributed by atoms with Crippen molar-refractivity contribution in [1.29, 1.82) is 0 Å². The molecule has 2 N–H and O–H groups in total. The molecule has 10 heteroatoms. The van der Waals surface area contributed by atoms with Crippen LogP contribution in [0.2, 0.25) is 0 Å². The van der Waals surface area contributed by atoms with Gasteiger partial charge in [0.25, 0.3) is 0 Å². The van der Waals surface area contributed by atoms with Gasteiger partial charge in [-0.1, -0.05) is 24.3 Å². The number of rotatable bonds is 7. The number of fused-ring (bicyclic) bond motifs is 1. The number of aliphatic hydroxyl groups excluding tert-OH is 1. The summed E-state index contributed by atoms with van der Waals surface area (Å²) < 4.78 is 6.82. The van der Waals surface area contributed by atoms with Crippen LogP contribution in [0.3, 0.4) is 0 Å². The number of anilines is 1. The number of benzene rings is 1. The number of nitrogens with zero attached hydrogens (tertiary/aromatic N) is 5. The molecule has 1 amide bonds. The minimum absolute atomic E-state index is 0.385.